The number of nitrogens with one attached hydrogen (secondary N) is 2. The van der Waals surface area contributed by atoms with Crippen LogP contribution in [0.1, 0.15) is 41.2 Å². The molecule has 2 N–H and O–H groups in total. The first kappa shape index (κ1) is 18.4. The highest BCUT2D eigenvalue weighted by Gasteiger charge is 2.25. The van der Waals surface area contributed by atoms with Crippen LogP contribution >= 0.6 is 0 Å². The predicted molar refractivity (Wildman–Crippen MR) is 110 cm³/mol. The summed E-state index contributed by atoms with van der Waals surface area (Å²) >= 11 is 0. The molecule has 0 saturated carbocycles. The molecule has 5 heteroatoms. The Morgan fingerprint density at radius 3 is 2.68 bits per heavy atom. The number of piperidine rings is 1. The van der Waals surface area contributed by atoms with E-state index >= 15 is 0 Å². The fourth-order valence-electron chi connectivity index (χ4n) is 3.88. The minimum absolute atomic E-state index is 0.0358. The van der Waals surface area contributed by atoms with E-state index in [0.717, 1.165) is 35.9 Å². The monoisotopic (exact) mass is 375 g/mol. The summed E-state index contributed by atoms with van der Waals surface area (Å²) in [5, 5.41) is 4.33. The Morgan fingerprint density at radius 1 is 1.07 bits per heavy atom. The number of para-hydroxylation sites is 1. The summed E-state index contributed by atoms with van der Waals surface area (Å²) < 4.78 is 0. The molecule has 28 heavy (non-hydrogen) atoms. The Kier molecular flexibility index (Phi) is 5.53. The molecular formula is C23H25N3O2. The van der Waals surface area contributed by atoms with Crippen LogP contribution in [0.4, 0.5) is 0 Å². The van der Waals surface area contributed by atoms with Crippen LogP contribution in [-0.2, 0) is 4.79 Å². The van der Waals surface area contributed by atoms with Crippen LogP contribution in [0.2, 0.25) is 0 Å². The molecule has 144 valence electrons. The molecule has 1 unspecified atom stereocenters. The van der Waals surface area contributed by atoms with Gasteiger partial charge in [-0.1, -0.05) is 48.5 Å². The molecule has 1 aliphatic rings. The maximum absolute atomic E-state index is 13.4. The summed E-state index contributed by atoms with van der Waals surface area (Å²) in [6.45, 7) is 2.02. The number of likely N-dealkylation sites (tertiary alicyclic amines) is 1. The first-order valence-corrected chi connectivity index (χ1v) is 9.90. The third-order valence-corrected chi connectivity index (χ3v) is 5.40. The van der Waals surface area contributed by atoms with Crippen LogP contribution in [0.5, 0.6) is 0 Å². The SMILES string of the molecule is O=C(c1c[nH]c2ccccc12)C(NCCN1CCCCC1=O)c1ccccc1. The summed E-state index contributed by atoms with van der Waals surface area (Å²) in [6, 6.07) is 17.2. The van der Waals surface area contributed by atoms with E-state index in [-0.39, 0.29) is 11.7 Å². The fraction of sp³-hybridized carbons (Fsp3) is 0.304. The van der Waals surface area contributed by atoms with E-state index in [1.807, 2.05) is 59.5 Å². The molecule has 0 spiro atoms. The Labute approximate surface area is 164 Å². The van der Waals surface area contributed by atoms with E-state index < -0.39 is 6.04 Å². The number of carbonyl (C=O) groups is 2. The number of carbonyl (C=O) groups excluding carboxylic acids is 2. The van der Waals surface area contributed by atoms with Crippen molar-refractivity contribution < 1.29 is 9.59 Å². The number of nitrogens with zero attached hydrogens (tertiary/aromatic N) is 1. The summed E-state index contributed by atoms with van der Waals surface area (Å²) in [7, 11) is 0. The van der Waals surface area contributed by atoms with Gasteiger partial charge in [-0.3, -0.25) is 9.59 Å². The second-order valence-corrected chi connectivity index (χ2v) is 7.25. The van der Waals surface area contributed by atoms with Gasteiger partial charge in [0.25, 0.3) is 0 Å². The molecule has 1 amide bonds. The molecule has 1 atom stereocenters. The van der Waals surface area contributed by atoms with E-state index in [9.17, 15) is 9.59 Å². The van der Waals surface area contributed by atoms with E-state index in [1.165, 1.54) is 0 Å². The summed E-state index contributed by atoms with van der Waals surface area (Å²) in [6.07, 6.45) is 4.46. The summed E-state index contributed by atoms with van der Waals surface area (Å²) in [5.74, 6) is 0.251. The quantitative estimate of drug-likeness (QED) is 0.619. The maximum atomic E-state index is 13.4. The van der Waals surface area contributed by atoms with Crippen LogP contribution in [0.15, 0.2) is 60.8 Å². The van der Waals surface area contributed by atoms with Gasteiger partial charge in [-0.05, 0) is 24.5 Å². The van der Waals surface area contributed by atoms with Crippen molar-refractivity contribution in [2.24, 2.45) is 0 Å². The lowest BCUT2D eigenvalue weighted by Crippen LogP contribution is -2.41. The molecule has 1 saturated heterocycles. The molecular weight excluding hydrogens is 350 g/mol. The van der Waals surface area contributed by atoms with Crippen molar-refractivity contribution in [3.05, 3.63) is 71.9 Å². The third kappa shape index (κ3) is 3.85. The highest BCUT2D eigenvalue weighted by molar-refractivity contribution is 6.10. The standard InChI is InChI=1S/C23H25N3O2/c27-21-12-6-7-14-26(21)15-13-24-22(17-8-2-1-3-9-17)23(28)19-16-25-20-11-5-4-10-18(19)20/h1-5,8-11,16,22,24-25H,6-7,12-15H2. The van der Waals surface area contributed by atoms with Crippen LogP contribution in [0.3, 0.4) is 0 Å². The van der Waals surface area contributed by atoms with Crippen molar-refractivity contribution >= 4 is 22.6 Å². The van der Waals surface area contributed by atoms with Crippen molar-refractivity contribution in [1.29, 1.82) is 0 Å². The molecule has 5 nitrogen and oxygen atoms in total. The zero-order valence-corrected chi connectivity index (χ0v) is 15.9. The van der Waals surface area contributed by atoms with Crippen LogP contribution < -0.4 is 5.32 Å². The Balaban J connectivity index is 1.54. The first-order chi connectivity index (χ1) is 13.7. The Morgan fingerprint density at radius 2 is 1.86 bits per heavy atom. The molecule has 2 aromatic carbocycles. The molecule has 1 aromatic heterocycles. The number of aromatic nitrogens is 1. The van der Waals surface area contributed by atoms with Gasteiger partial charge >= 0.3 is 0 Å². The van der Waals surface area contributed by atoms with Crippen molar-refractivity contribution in [1.82, 2.24) is 15.2 Å². The van der Waals surface area contributed by atoms with Gasteiger partial charge in [0.2, 0.25) is 5.91 Å². The van der Waals surface area contributed by atoms with Gasteiger partial charge in [-0.2, -0.15) is 0 Å². The zero-order chi connectivity index (χ0) is 19.3. The van der Waals surface area contributed by atoms with Gasteiger partial charge in [-0.25, -0.2) is 0 Å². The smallest absolute Gasteiger partial charge is 0.222 e. The van der Waals surface area contributed by atoms with Crippen molar-refractivity contribution in [2.75, 3.05) is 19.6 Å². The maximum Gasteiger partial charge on any atom is 0.222 e. The number of hydrogen-bond acceptors (Lipinski definition) is 3. The second kappa shape index (κ2) is 8.40. The normalized spacial score (nSPS) is 15.7. The first-order valence-electron chi connectivity index (χ1n) is 9.90. The number of amides is 1. The topological polar surface area (TPSA) is 65.2 Å². The number of ketones is 1. The van der Waals surface area contributed by atoms with Gasteiger partial charge in [0.05, 0.1) is 6.04 Å². The molecule has 0 radical (unpaired) electrons. The van der Waals surface area contributed by atoms with Gasteiger partial charge in [0.1, 0.15) is 0 Å². The number of Topliss-reactive ketones (excluding diaryl/α,β-unsaturated/α-hetero) is 1. The highest BCUT2D eigenvalue weighted by Crippen LogP contribution is 2.24. The van der Waals surface area contributed by atoms with Crippen LogP contribution in [0, 0.1) is 0 Å². The van der Waals surface area contributed by atoms with E-state index in [4.69, 9.17) is 0 Å². The second-order valence-electron chi connectivity index (χ2n) is 7.25. The molecule has 0 bridgehead atoms. The Bertz CT molecular complexity index is 964. The van der Waals surface area contributed by atoms with Crippen LogP contribution in [-0.4, -0.2) is 41.2 Å². The number of fused-ring (bicyclic) bond motifs is 1. The predicted octanol–water partition coefficient (Wildman–Crippen LogP) is 3.69. The van der Waals surface area contributed by atoms with E-state index in [0.29, 0.717) is 25.1 Å². The number of hydrogen-bond donors (Lipinski definition) is 2. The van der Waals surface area contributed by atoms with E-state index in [1.54, 1.807) is 6.20 Å². The minimum Gasteiger partial charge on any atom is -0.360 e. The molecule has 0 aliphatic carbocycles. The largest absolute Gasteiger partial charge is 0.360 e. The highest BCUT2D eigenvalue weighted by atomic mass is 16.2. The fourth-order valence-corrected chi connectivity index (χ4v) is 3.88. The van der Waals surface area contributed by atoms with Crippen LogP contribution in [0.25, 0.3) is 10.9 Å². The average Bonchev–Trinajstić information content (AvgIpc) is 3.17. The Hall–Kier alpha value is -2.92. The van der Waals surface area contributed by atoms with Gasteiger partial charge in [0.15, 0.2) is 5.78 Å². The zero-order valence-electron chi connectivity index (χ0n) is 15.9. The number of rotatable bonds is 7. The van der Waals surface area contributed by atoms with Crippen molar-refractivity contribution in [2.45, 2.75) is 25.3 Å². The average molecular weight is 375 g/mol. The van der Waals surface area contributed by atoms with Gasteiger partial charge in [0, 0.05) is 48.7 Å². The molecule has 2 heterocycles. The molecule has 1 aliphatic heterocycles. The summed E-state index contributed by atoms with van der Waals surface area (Å²) in [5.41, 5.74) is 2.57. The van der Waals surface area contributed by atoms with E-state index in [2.05, 4.69) is 10.3 Å². The lowest BCUT2D eigenvalue weighted by Gasteiger charge is -2.27. The van der Waals surface area contributed by atoms with Gasteiger partial charge in [-0.15, -0.1) is 0 Å². The van der Waals surface area contributed by atoms with Gasteiger partial charge < -0.3 is 15.2 Å². The number of H-pyrrole nitrogens is 1. The van der Waals surface area contributed by atoms with Crippen molar-refractivity contribution in [3.63, 3.8) is 0 Å². The molecule has 4 rings (SSSR count). The number of aromatic amines is 1. The minimum atomic E-state index is -0.444. The number of benzene rings is 2. The summed E-state index contributed by atoms with van der Waals surface area (Å²) in [4.78, 5) is 30.5. The third-order valence-electron chi connectivity index (χ3n) is 5.40. The lowest BCUT2D eigenvalue weighted by molar-refractivity contribution is -0.133. The molecule has 3 aromatic rings. The molecule has 1 fully saturated rings. The lowest BCUT2D eigenvalue weighted by atomic mass is 9.97. The van der Waals surface area contributed by atoms with Crippen molar-refractivity contribution in [3.8, 4) is 0 Å².